The van der Waals surface area contributed by atoms with Gasteiger partial charge in [-0.1, -0.05) is 43.3 Å². The molecule has 0 unspecified atom stereocenters. The predicted molar refractivity (Wildman–Crippen MR) is 109 cm³/mol. The monoisotopic (exact) mass is 412 g/mol. The summed E-state index contributed by atoms with van der Waals surface area (Å²) in [5.41, 5.74) is 2.49. The topological polar surface area (TPSA) is 125 Å². The second kappa shape index (κ2) is 11.4. The van der Waals surface area contributed by atoms with Gasteiger partial charge in [-0.15, -0.1) is 0 Å². The number of phenols is 1. The highest BCUT2D eigenvalue weighted by Crippen LogP contribution is 2.30. The summed E-state index contributed by atoms with van der Waals surface area (Å²) in [6.07, 6.45) is 2.28. The molecule has 0 bridgehead atoms. The summed E-state index contributed by atoms with van der Waals surface area (Å²) in [4.78, 5) is 35.5. The highest BCUT2D eigenvalue weighted by Gasteiger charge is 2.24. The molecule has 30 heavy (non-hydrogen) atoms. The Balaban J connectivity index is 2.06. The Morgan fingerprint density at radius 1 is 1.07 bits per heavy atom. The molecule has 8 heteroatoms. The van der Waals surface area contributed by atoms with Crippen molar-refractivity contribution in [2.75, 3.05) is 0 Å². The van der Waals surface area contributed by atoms with E-state index in [1.54, 1.807) is 48.5 Å². The number of nitrogens with one attached hydrogen (secondary N) is 2. The smallest absolute Gasteiger partial charge is 0.414 e. The van der Waals surface area contributed by atoms with Gasteiger partial charge < -0.3 is 9.84 Å². The first-order chi connectivity index (χ1) is 14.4. The first kappa shape index (κ1) is 22.6. The highest BCUT2D eigenvalue weighted by molar-refractivity contribution is 6.02. The van der Waals surface area contributed by atoms with Crippen molar-refractivity contribution in [1.82, 2.24) is 10.8 Å². The summed E-state index contributed by atoms with van der Waals surface area (Å²) in [6.45, 7) is 1.86. The molecule has 3 amide bonds. The van der Waals surface area contributed by atoms with Crippen molar-refractivity contribution in [2.24, 2.45) is 5.92 Å². The maximum atomic E-state index is 12.3. The van der Waals surface area contributed by atoms with E-state index in [1.807, 2.05) is 6.92 Å². The van der Waals surface area contributed by atoms with Gasteiger partial charge in [-0.05, 0) is 48.6 Å². The molecular formula is C22H24N2O6. The highest BCUT2D eigenvalue weighted by atomic mass is 16.6. The molecular weight excluding hydrogens is 388 g/mol. The molecule has 8 nitrogen and oxygen atoms in total. The molecule has 158 valence electrons. The molecule has 0 aliphatic heterocycles. The molecule has 0 aliphatic carbocycles. The molecule has 2 rings (SSSR count). The average Bonchev–Trinajstić information content (AvgIpc) is 2.76. The molecule has 0 aromatic heterocycles. The molecule has 0 radical (unpaired) electrons. The summed E-state index contributed by atoms with van der Waals surface area (Å²) in [7, 11) is 0. The fourth-order valence-electron chi connectivity index (χ4n) is 2.81. The molecule has 0 saturated heterocycles. The van der Waals surface area contributed by atoms with Gasteiger partial charge in [0.2, 0.25) is 0 Å². The predicted octanol–water partition coefficient (Wildman–Crippen LogP) is 3.48. The minimum absolute atomic E-state index is 0.0757. The number of carbonyl (C=O) groups is 3. The number of hydrogen-bond acceptors (Lipinski definition) is 6. The third-order valence-corrected chi connectivity index (χ3v) is 4.39. The van der Waals surface area contributed by atoms with E-state index in [1.165, 1.54) is 23.7 Å². The summed E-state index contributed by atoms with van der Waals surface area (Å²) in [5.74, 6) is -1.30. The van der Waals surface area contributed by atoms with E-state index in [4.69, 9.17) is 9.94 Å². The summed E-state index contributed by atoms with van der Waals surface area (Å²) < 4.78 is 5.53. The normalized spacial score (nSPS) is 12.7. The number of carbonyl (C=O) groups excluding carboxylic acids is 3. The van der Waals surface area contributed by atoms with E-state index in [0.29, 0.717) is 24.0 Å². The maximum Gasteiger partial charge on any atom is 0.414 e. The Morgan fingerprint density at radius 2 is 1.73 bits per heavy atom. The van der Waals surface area contributed by atoms with Gasteiger partial charge in [-0.2, -0.15) is 0 Å². The van der Waals surface area contributed by atoms with Crippen molar-refractivity contribution in [3.63, 3.8) is 0 Å². The third kappa shape index (κ3) is 7.06. The Bertz CT molecular complexity index is 880. The Kier molecular flexibility index (Phi) is 8.58. The molecule has 2 atom stereocenters. The van der Waals surface area contributed by atoms with Crippen molar-refractivity contribution >= 4 is 17.9 Å². The van der Waals surface area contributed by atoms with Crippen LogP contribution in [0.25, 0.3) is 0 Å². The Hall–Kier alpha value is -3.65. The molecule has 0 saturated carbocycles. The van der Waals surface area contributed by atoms with Gasteiger partial charge in [0.05, 0.1) is 0 Å². The van der Waals surface area contributed by atoms with Crippen molar-refractivity contribution in [3.05, 3.63) is 77.9 Å². The van der Waals surface area contributed by atoms with Crippen LogP contribution in [0.15, 0.2) is 66.7 Å². The standard InChI is InChI=1S/C22H24N2O6/c1-15(7-5-6-10-19(26)24-29)20(16-11-13-18(25)14-12-16)30-22(28)23-21(27)17-8-3-2-4-9-17/h2-4,6,8-15,20,25,29H,5,7H2,1H3,(H,24,26)(H,23,27,28)/b10-6+/t15-,20+/m1/s1. The SMILES string of the molecule is C[C@H](CC/C=C/C(=O)NO)[C@H](OC(=O)NC(=O)c1ccccc1)c1ccc(O)cc1. The van der Waals surface area contributed by atoms with Gasteiger partial charge in [0.15, 0.2) is 0 Å². The summed E-state index contributed by atoms with van der Waals surface area (Å²) in [6, 6.07) is 14.5. The first-order valence-corrected chi connectivity index (χ1v) is 9.37. The molecule has 0 aliphatic rings. The number of hydroxylamine groups is 1. The average molecular weight is 412 g/mol. The van der Waals surface area contributed by atoms with Crippen LogP contribution in [0.3, 0.4) is 0 Å². The quantitative estimate of drug-likeness (QED) is 0.299. The van der Waals surface area contributed by atoms with Crippen molar-refractivity contribution in [1.29, 1.82) is 0 Å². The van der Waals surface area contributed by atoms with Gasteiger partial charge in [-0.25, -0.2) is 10.3 Å². The van der Waals surface area contributed by atoms with Crippen LogP contribution in [-0.2, 0) is 9.53 Å². The van der Waals surface area contributed by atoms with Crippen LogP contribution in [0.5, 0.6) is 5.75 Å². The van der Waals surface area contributed by atoms with Crippen LogP contribution in [0.4, 0.5) is 4.79 Å². The molecule has 4 N–H and O–H groups in total. The number of benzene rings is 2. The van der Waals surface area contributed by atoms with E-state index in [-0.39, 0.29) is 11.7 Å². The third-order valence-electron chi connectivity index (χ3n) is 4.39. The number of rotatable bonds is 8. The lowest BCUT2D eigenvalue weighted by atomic mass is 9.93. The van der Waals surface area contributed by atoms with Crippen LogP contribution >= 0.6 is 0 Å². The van der Waals surface area contributed by atoms with E-state index in [0.717, 1.165) is 0 Å². The zero-order chi connectivity index (χ0) is 21.9. The van der Waals surface area contributed by atoms with E-state index >= 15 is 0 Å². The van der Waals surface area contributed by atoms with Gasteiger partial charge in [0.1, 0.15) is 11.9 Å². The van der Waals surface area contributed by atoms with Gasteiger partial charge in [-0.3, -0.25) is 20.1 Å². The lowest BCUT2D eigenvalue weighted by Gasteiger charge is -2.24. The van der Waals surface area contributed by atoms with Crippen molar-refractivity contribution in [3.8, 4) is 5.75 Å². The number of phenolic OH excluding ortho intramolecular Hbond substituents is 1. The molecule has 2 aromatic carbocycles. The number of aromatic hydroxyl groups is 1. The molecule has 0 heterocycles. The second-order valence-corrected chi connectivity index (χ2v) is 6.67. The minimum atomic E-state index is -0.885. The van der Waals surface area contributed by atoms with E-state index < -0.39 is 24.0 Å². The molecule has 0 spiro atoms. The van der Waals surface area contributed by atoms with Crippen molar-refractivity contribution < 1.29 is 29.4 Å². The van der Waals surface area contributed by atoms with E-state index in [9.17, 15) is 19.5 Å². The first-order valence-electron chi connectivity index (χ1n) is 9.37. The van der Waals surface area contributed by atoms with Gasteiger partial charge in [0, 0.05) is 11.6 Å². The van der Waals surface area contributed by atoms with Crippen LogP contribution in [-0.4, -0.2) is 28.2 Å². The number of alkyl carbamates (subject to hydrolysis) is 1. The fourth-order valence-corrected chi connectivity index (χ4v) is 2.81. The fraction of sp³-hybridized carbons (Fsp3) is 0.227. The number of ether oxygens (including phenoxy) is 1. The van der Waals surface area contributed by atoms with Crippen LogP contribution in [0.1, 0.15) is 41.8 Å². The van der Waals surface area contributed by atoms with Crippen LogP contribution < -0.4 is 10.8 Å². The summed E-state index contributed by atoms with van der Waals surface area (Å²) >= 11 is 0. The maximum absolute atomic E-state index is 12.3. The van der Waals surface area contributed by atoms with Gasteiger partial charge in [0.25, 0.3) is 11.8 Å². The summed E-state index contributed by atoms with van der Waals surface area (Å²) in [5, 5.41) is 20.2. The number of allylic oxidation sites excluding steroid dienone is 1. The van der Waals surface area contributed by atoms with E-state index in [2.05, 4.69) is 5.32 Å². The minimum Gasteiger partial charge on any atom is -0.508 e. The number of hydrogen-bond donors (Lipinski definition) is 4. The zero-order valence-electron chi connectivity index (χ0n) is 16.4. The van der Waals surface area contributed by atoms with Gasteiger partial charge >= 0.3 is 6.09 Å². The lowest BCUT2D eigenvalue weighted by Crippen LogP contribution is -2.33. The van der Waals surface area contributed by atoms with Crippen LogP contribution in [0.2, 0.25) is 0 Å². The number of imide groups is 1. The van der Waals surface area contributed by atoms with Crippen molar-refractivity contribution in [2.45, 2.75) is 25.9 Å². The molecule has 0 fully saturated rings. The largest absolute Gasteiger partial charge is 0.508 e. The molecule has 2 aromatic rings. The second-order valence-electron chi connectivity index (χ2n) is 6.67. The Labute approximate surface area is 174 Å². The Morgan fingerprint density at radius 3 is 2.37 bits per heavy atom. The van der Waals surface area contributed by atoms with Crippen LogP contribution in [0, 0.1) is 5.92 Å². The zero-order valence-corrected chi connectivity index (χ0v) is 16.4. The lowest BCUT2D eigenvalue weighted by molar-refractivity contribution is -0.124. The number of amides is 3.